The molecule has 1 N–H and O–H groups in total. The zero-order chi connectivity index (χ0) is 21.1. The molecule has 0 spiro atoms. The number of aliphatic imine (C=N–C) groups is 1. The summed E-state index contributed by atoms with van der Waals surface area (Å²) in [5.41, 5.74) is 0.917. The van der Waals surface area contributed by atoms with Gasteiger partial charge in [0.15, 0.2) is 5.17 Å². The van der Waals surface area contributed by atoms with Gasteiger partial charge in [0.25, 0.3) is 11.6 Å². The topological polar surface area (TPSA) is 107 Å². The first kappa shape index (κ1) is 19.5. The Kier molecular flexibility index (Phi) is 5.36. The lowest BCUT2D eigenvalue weighted by Gasteiger charge is -2.03. The Morgan fingerprint density at radius 1 is 1.13 bits per heavy atom. The second-order valence-electron chi connectivity index (χ2n) is 6.13. The number of nitro groups is 1. The molecule has 0 aliphatic carbocycles. The minimum absolute atomic E-state index is 0.0507. The predicted molar refractivity (Wildman–Crippen MR) is 115 cm³/mol. The Labute approximate surface area is 175 Å². The first-order valence-electron chi connectivity index (χ1n) is 8.81. The fraction of sp³-hybridized carbons (Fsp3) is 0.0476. The van der Waals surface area contributed by atoms with E-state index in [1.54, 1.807) is 55.7 Å². The van der Waals surface area contributed by atoms with E-state index in [2.05, 4.69) is 10.3 Å². The van der Waals surface area contributed by atoms with Gasteiger partial charge in [-0.1, -0.05) is 24.3 Å². The maximum absolute atomic E-state index is 12.3. The third kappa shape index (κ3) is 3.96. The van der Waals surface area contributed by atoms with Crippen molar-refractivity contribution in [1.82, 2.24) is 5.32 Å². The van der Waals surface area contributed by atoms with E-state index < -0.39 is 4.92 Å². The summed E-state index contributed by atoms with van der Waals surface area (Å²) in [5.74, 6) is 1.04. The first-order valence-corrected chi connectivity index (χ1v) is 9.63. The molecule has 30 heavy (non-hydrogen) atoms. The number of ether oxygens (including phenoxy) is 1. The smallest absolute Gasteiger partial charge is 0.280 e. The number of methoxy groups -OCH3 is 1. The molecule has 1 aromatic heterocycles. The normalized spacial score (nSPS) is 16.1. The zero-order valence-electron chi connectivity index (χ0n) is 15.7. The van der Waals surface area contributed by atoms with Crippen molar-refractivity contribution in [3.05, 3.63) is 81.4 Å². The third-order valence-electron chi connectivity index (χ3n) is 4.22. The van der Waals surface area contributed by atoms with E-state index in [9.17, 15) is 14.9 Å². The van der Waals surface area contributed by atoms with Gasteiger partial charge in [-0.25, -0.2) is 4.99 Å². The fourth-order valence-corrected chi connectivity index (χ4v) is 3.67. The highest BCUT2D eigenvalue weighted by molar-refractivity contribution is 8.18. The molecule has 2 heterocycles. The van der Waals surface area contributed by atoms with E-state index in [1.165, 1.54) is 17.8 Å². The van der Waals surface area contributed by atoms with Gasteiger partial charge in [-0.05, 0) is 42.1 Å². The van der Waals surface area contributed by atoms with Crippen LogP contribution in [0, 0.1) is 10.1 Å². The molecule has 3 aromatic rings. The summed E-state index contributed by atoms with van der Waals surface area (Å²) in [4.78, 5) is 27.9. The van der Waals surface area contributed by atoms with E-state index in [0.717, 1.165) is 0 Å². The number of hydrogen-bond acceptors (Lipinski definition) is 7. The summed E-state index contributed by atoms with van der Waals surface area (Å²) in [6.45, 7) is 0. The minimum Gasteiger partial charge on any atom is -0.494 e. The van der Waals surface area contributed by atoms with E-state index >= 15 is 0 Å². The molecule has 1 amide bonds. The van der Waals surface area contributed by atoms with E-state index in [0.29, 0.717) is 38.6 Å². The number of benzene rings is 2. The van der Waals surface area contributed by atoms with Crippen LogP contribution in [0.2, 0.25) is 0 Å². The maximum atomic E-state index is 12.3. The van der Waals surface area contributed by atoms with E-state index in [4.69, 9.17) is 9.15 Å². The number of nitrogens with one attached hydrogen (secondary N) is 1. The number of carbonyl (C=O) groups excluding carboxylic acids is 1. The fourth-order valence-electron chi connectivity index (χ4n) is 2.86. The third-order valence-corrected chi connectivity index (χ3v) is 5.13. The number of amidine groups is 1. The van der Waals surface area contributed by atoms with Crippen LogP contribution >= 0.6 is 11.8 Å². The van der Waals surface area contributed by atoms with Gasteiger partial charge in [0, 0.05) is 12.1 Å². The van der Waals surface area contributed by atoms with Crippen LogP contribution in [0.25, 0.3) is 17.4 Å². The van der Waals surface area contributed by atoms with Crippen LogP contribution < -0.4 is 10.1 Å². The summed E-state index contributed by atoms with van der Waals surface area (Å²) in [7, 11) is 1.55. The molecule has 1 saturated heterocycles. The van der Waals surface area contributed by atoms with Crippen molar-refractivity contribution < 1.29 is 18.9 Å². The highest BCUT2D eigenvalue weighted by Gasteiger charge is 2.25. The Morgan fingerprint density at radius 3 is 2.70 bits per heavy atom. The first-order chi connectivity index (χ1) is 14.5. The van der Waals surface area contributed by atoms with Crippen molar-refractivity contribution in [2.75, 3.05) is 7.11 Å². The second-order valence-corrected chi connectivity index (χ2v) is 7.16. The van der Waals surface area contributed by atoms with Gasteiger partial charge in [-0.2, -0.15) is 0 Å². The largest absolute Gasteiger partial charge is 0.494 e. The maximum Gasteiger partial charge on any atom is 0.280 e. The van der Waals surface area contributed by atoms with Gasteiger partial charge in [-0.15, -0.1) is 0 Å². The molecule has 1 aliphatic rings. The molecule has 2 aromatic carbocycles. The van der Waals surface area contributed by atoms with Gasteiger partial charge in [0.1, 0.15) is 23.0 Å². The highest BCUT2D eigenvalue weighted by Crippen LogP contribution is 2.34. The number of rotatable bonds is 5. The second kappa shape index (κ2) is 8.26. The average molecular weight is 421 g/mol. The van der Waals surface area contributed by atoms with Crippen LogP contribution in [0.15, 0.2) is 75.0 Å². The minimum atomic E-state index is -0.461. The predicted octanol–water partition coefficient (Wildman–Crippen LogP) is 4.76. The van der Waals surface area contributed by atoms with Crippen molar-refractivity contribution in [2.45, 2.75) is 0 Å². The molecule has 1 aliphatic heterocycles. The molecule has 9 heteroatoms. The van der Waals surface area contributed by atoms with Crippen LogP contribution in [0.5, 0.6) is 5.75 Å². The van der Waals surface area contributed by atoms with Gasteiger partial charge in [0.05, 0.1) is 22.5 Å². The number of para-hydroxylation sites is 3. The van der Waals surface area contributed by atoms with Crippen molar-refractivity contribution in [2.24, 2.45) is 4.99 Å². The molecule has 0 bridgehead atoms. The summed E-state index contributed by atoms with van der Waals surface area (Å²) in [5, 5.41) is 14.4. The van der Waals surface area contributed by atoms with Crippen LogP contribution in [0.3, 0.4) is 0 Å². The van der Waals surface area contributed by atoms with Crippen LogP contribution in [-0.4, -0.2) is 23.1 Å². The molecule has 0 atom stereocenters. The number of nitrogens with zero attached hydrogens (tertiary/aromatic N) is 2. The SMILES string of the molecule is COc1ccccc1N=C1NC(=O)/C(=C/c2ccc(-c3ccccc3[N+](=O)[O-])o2)S1. The Bertz CT molecular complexity index is 1200. The van der Waals surface area contributed by atoms with Crippen LogP contribution in [0.4, 0.5) is 11.4 Å². The number of furan rings is 1. The quantitative estimate of drug-likeness (QED) is 0.362. The molecule has 150 valence electrons. The highest BCUT2D eigenvalue weighted by atomic mass is 32.2. The Hall–Kier alpha value is -3.85. The zero-order valence-corrected chi connectivity index (χ0v) is 16.5. The molecular weight excluding hydrogens is 406 g/mol. The summed E-state index contributed by atoms with van der Waals surface area (Å²) < 4.78 is 11.0. The van der Waals surface area contributed by atoms with Crippen molar-refractivity contribution >= 4 is 40.3 Å². The van der Waals surface area contributed by atoms with Crippen LogP contribution in [-0.2, 0) is 4.79 Å². The van der Waals surface area contributed by atoms with E-state index in [1.807, 2.05) is 12.1 Å². The molecule has 8 nitrogen and oxygen atoms in total. The summed E-state index contributed by atoms with van der Waals surface area (Å²) in [6, 6.07) is 16.8. The molecule has 1 fully saturated rings. The van der Waals surface area contributed by atoms with Crippen molar-refractivity contribution in [3.8, 4) is 17.1 Å². The van der Waals surface area contributed by atoms with Crippen molar-refractivity contribution in [1.29, 1.82) is 0 Å². The average Bonchev–Trinajstić information content (AvgIpc) is 3.35. The molecule has 0 saturated carbocycles. The lowest BCUT2D eigenvalue weighted by atomic mass is 10.1. The lowest BCUT2D eigenvalue weighted by Crippen LogP contribution is -2.19. The standard InChI is InChI=1S/C21H15N3O5S/c1-28-18-9-5-3-7-15(18)22-21-23-20(25)19(30-21)12-13-10-11-17(29-13)14-6-2-4-8-16(14)24(26)27/h2-12H,1H3,(H,22,23,25)/b19-12-. The summed E-state index contributed by atoms with van der Waals surface area (Å²) in [6.07, 6.45) is 1.57. The number of hydrogen-bond donors (Lipinski definition) is 1. The van der Waals surface area contributed by atoms with Crippen molar-refractivity contribution in [3.63, 3.8) is 0 Å². The number of nitro benzene ring substituents is 1. The number of thioether (sulfide) groups is 1. The van der Waals surface area contributed by atoms with Gasteiger partial charge < -0.3 is 14.5 Å². The molecular formula is C21H15N3O5S. The molecule has 4 rings (SSSR count). The Morgan fingerprint density at radius 2 is 1.90 bits per heavy atom. The lowest BCUT2D eigenvalue weighted by molar-refractivity contribution is -0.384. The van der Waals surface area contributed by atoms with E-state index in [-0.39, 0.29) is 11.6 Å². The monoisotopic (exact) mass is 421 g/mol. The van der Waals surface area contributed by atoms with Crippen LogP contribution in [0.1, 0.15) is 5.76 Å². The number of amides is 1. The summed E-state index contributed by atoms with van der Waals surface area (Å²) >= 11 is 1.17. The molecule has 0 unspecified atom stereocenters. The Balaban J connectivity index is 1.59. The van der Waals surface area contributed by atoms with Gasteiger partial charge in [0.2, 0.25) is 0 Å². The number of carbonyl (C=O) groups is 1. The molecule has 0 radical (unpaired) electrons. The van der Waals surface area contributed by atoms with Gasteiger partial charge >= 0.3 is 0 Å². The van der Waals surface area contributed by atoms with Gasteiger partial charge in [-0.3, -0.25) is 14.9 Å².